The highest BCUT2D eigenvalue weighted by molar-refractivity contribution is 5.84. The van der Waals surface area contributed by atoms with Gasteiger partial charge in [-0.15, -0.1) is 0 Å². The van der Waals surface area contributed by atoms with E-state index in [2.05, 4.69) is 29.4 Å². The summed E-state index contributed by atoms with van der Waals surface area (Å²) >= 11 is 0. The molecule has 0 fully saturated rings. The first-order valence-corrected chi connectivity index (χ1v) is 6.27. The predicted molar refractivity (Wildman–Crippen MR) is 72.5 cm³/mol. The second-order valence-corrected chi connectivity index (χ2v) is 4.55. The molecule has 2 rings (SSSR count). The lowest BCUT2D eigenvalue weighted by atomic mass is 10.1. The molecule has 0 aliphatic heterocycles. The molecule has 4 nitrogen and oxygen atoms in total. The van der Waals surface area contributed by atoms with Crippen LogP contribution >= 0.6 is 0 Å². The molecule has 1 aromatic heterocycles. The van der Waals surface area contributed by atoms with Gasteiger partial charge >= 0.3 is 0 Å². The van der Waals surface area contributed by atoms with Gasteiger partial charge in [0.2, 0.25) is 0 Å². The lowest BCUT2D eigenvalue weighted by Crippen LogP contribution is -2.32. The highest BCUT2D eigenvalue weighted by Crippen LogP contribution is 2.21. The molecule has 0 aliphatic rings. The molecule has 18 heavy (non-hydrogen) atoms. The van der Waals surface area contributed by atoms with E-state index in [0.717, 1.165) is 11.2 Å². The van der Waals surface area contributed by atoms with Crippen LogP contribution in [0.25, 0.3) is 10.9 Å². The van der Waals surface area contributed by atoms with Gasteiger partial charge in [-0.1, -0.05) is 18.2 Å². The van der Waals surface area contributed by atoms with E-state index in [-0.39, 0.29) is 19.3 Å². The number of rotatable bonds is 6. The van der Waals surface area contributed by atoms with Crippen LogP contribution in [0.3, 0.4) is 0 Å². The molecule has 1 heterocycles. The average molecular weight is 248 g/mol. The largest absolute Gasteiger partial charge is 0.396 e. The van der Waals surface area contributed by atoms with Gasteiger partial charge in [-0.25, -0.2) is 0 Å². The van der Waals surface area contributed by atoms with Gasteiger partial charge in [-0.2, -0.15) is 0 Å². The third-order valence-electron chi connectivity index (χ3n) is 3.29. The maximum atomic E-state index is 9.19. The van der Waals surface area contributed by atoms with Crippen molar-refractivity contribution in [1.29, 1.82) is 0 Å². The van der Waals surface area contributed by atoms with Gasteiger partial charge in [0, 0.05) is 35.8 Å². The third kappa shape index (κ3) is 2.72. The van der Waals surface area contributed by atoms with Crippen molar-refractivity contribution in [3.05, 3.63) is 35.5 Å². The van der Waals surface area contributed by atoms with Crippen LogP contribution in [0.4, 0.5) is 0 Å². The fourth-order valence-corrected chi connectivity index (χ4v) is 2.22. The zero-order valence-electron chi connectivity index (χ0n) is 10.6. The molecule has 98 valence electrons. The first-order chi connectivity index (χ1) is 8.76. The second kappa shape index (κ2) is 6.00. The highest BCUT2D eigenvalue weighted by Gasteiger charge is 2.10. The van der Waals surface area contributed by atoms with E-state index >= 15 is 0 Å². The van der Waals surface area contributed by atoms with Crippen LogP contribution in [0.5, 0.6) is 0 Å². The van der Waals surface area contributed by atoms with Crippen LogP contribution in [0.2, 0.25) is 0 Å². The van der Waals surface area contributed by atoms with Crippen LogP contribution in [0.15, 0.2) is 24.3 Å². The molecule has 0 saturated heterocycles. The van der Waals surface area contributed by atoms with Crippen LogP contribution in [0, 0.1) is 6.92 Å². The van der Waals surface area contributed by atoms with Crippen molar-refractivity contribution in [2.75, 3.05) is 13.2 Å². The summed E-state index contributed by atoms with van der Waals surface area (Å²) in [4.78, 5) is 3.35. The second-order valence-electron chi connectivity index (χ2n) is 4.55. The number of nitrogens with one attached hydrogen (secondary N) is 2. The standard InChI is InChI=1S/C14H20N2O2/c1-10-13(8-15-11(9-18)6-7-17)12-4-2-3-5-14(12)16-10/h2-5,11,15-18H,6-9H2,1H3. The van der Waals surface area contributed by atoms with Gasteiger partial charge in [0.15, 0.2) is 0 Å². The molecular formula is C14H20N2O2. The van der Waals surface area contributed by atoms with Gasteiger partial charge in [-0.05, 0) is 25.0 Å². The van der Waals surface area contributed by atoms with Crippen molar-refractivity contribution in [3.8, 4) is 0 Å². The van der Waals surface area contributed by atoms with Crippen molar-refractivity contribution in [1.82, 2.24) is 10.3 Å². The summed E-state index contributed by atoms with van der Waals surface area (Å²) in [6.45, 7) is 2.88. The SMILES string of the molecule is Cc1[nH]c2ccccc2c1CNC(CO)CCO. The van der Waals surface area contributed by atoms with Crippen molar-refractivity contribution in [2.45, 2.75) is 25.9 Å². The normalized spacial score (nSPS) is 13.1. The Balaban J connectivity index is 2.13. The van der Waals surface area contributed by atoms with E-state index in [1.807, 2.05) is 12.1 Å². The topological polar surface area (TPSA) is 68.3 Å². The van der Waals surface area contributed by atoms with E-state index in [1.54, 1.807) is 0 Å². The summed E-state index contributed by atoms with van der Waals surface area (Å²) in [5.74, 6) is 0. The van der Waals surface area contributed by atoms with Crippen molar-refractivity contribution >= 4 is 10.9 Å². The number of aromatic nitrogens is 1. The Morgan fingerprint density at radius 1 is 1.28 bits per heavy atom. The molecule has 0 bridgehead atoms. The Morgan fingerprint density at radius 2 is 2.06 bits per heavy atom. The Bertz CT molecular complexity index is 507. The smallest absolute Gasteiger partial charge is 0.0585 e. The minimum absolute atomic E-state index is 0.0436. The van der Waals surface area contributed by atoms with Gasteiger partial charge < -0.3 is 20.5 Å². The first kappa shape index (κ1) is 13.1. The van der Waals surface area contributed by atoms with Crippen LogP contribution in [-0.4, -0.2) is 34.5 Å². The third-order valence-corrected chi connectivity index (χ3v) is 3.29. The number of aliphatic hydroxyl groups is 2. The Morgan fingerprint density at radius 3 is 2.78 bits per heavy atom. The quantitative estimate of drug-likeness (QED) is 0.623. The summed E-state index contributed by atoms with van der Waals surface area (Å²) in [7, 11) is 0. The molecule has 1 atom stereocenters. The number of fused-ring (bicyclic) bond motifs is 1. The minimum atomic E-state index is -0.0527. The summed E-state index contributed by atoms with van der Waals surface area (Å²) < 4.78 is 0. The van der Waals surface area contributed by atoms with E-state index in [4.69, 9.17) is 5.11 Å². The number of para-hydroxylation sites is 1. The molecule has 0 saturated carbocycles. The van der Waals surface area contributed by atoms with Crippen LogP contribution < -0.4 is 5.32 Å². The van der Waals surface area contributed by atoms with E-state index in [0.29, 0.717) is 13.0 Å². The first-order valence-electron chi connectivity index (χ1n) is 6.27. The molecule has 0 spiro atoms. The van der Waals surface area contributed by atoms with Crippen LogP contribution in [0.1, 0.15) is 17.7 Å². The maximum Gasteiger partial charge on any atom is 0.0585 e. The monoisotopic (exact) mass is 248 g/mol. The van der Waals surface area contributed by atoms with Gasteiger partial charge in [0.1, 0.15) is 0 Å². The fraction of sp³-hybridized carbons (Fsp3) is 0.429. The molecule has 4 heteroatoms. The minimum Gasteiger partial charge on any atom is -0.396 e. The molecule has 0 radical (unpaired) electrons. The summed E-state index contributed by atoms with van der Waals surface area (Å²) in [5, 5.41) is 22.6. The lowest BCUT2D eigenvalue weighted by molar-refractivity contribution is 0.200. The summed E-state index contributed by atoms with van der Waals surface area (Å²) in [6.07, 6.45) is 0.567. The number of benzene rings is 1. The van der Waals surface area contributed by atoms with E-state index in [9.17, 15) is 5.11 Å². The lowest BCUT2D eigenvalue weighted by Gasteiger charge is -2.15. The molecular weight excluding hydrogens is 228 g/mol. The number of aromatic amines is 1. The van der Waals surface area contributed by atoms with Crippen molar-refractivity contribution < 1.29 is 10.2 Å². The maximum absolute atomic E-state index is 9.19. The Hall–Kier alpha value is -1.36. The molecule has 4 N–H and O–H groups in total. The van der Waals surface area contributed by atoms with Crippen molar-refractivity contribution in [2.24, 2.45) is 0 Å². The Labute approximate surface area is 107 Å². The summed E-state index contributed by atoms with van der Waals surface area (Å²) in [6, 6.07) is 8.13. The van der Waals surface area contributed by atoms with Gasteiger partial charge in [-0.3, -0.25) is 0 Å². The number of hydrogen-bond donors (Lipinski definition) is 4. The zero-order valence-corrected chi connectivity index (χ0v) is 10.6. The van der Waals surface area contributed by atoms with Crippen LogP contribution in [-0.2, 0) is 6.54 Å². The van der Waals surface area contributed by atoms with Gasteiger partial charge in [0.05, 0.1) is 6.61 Å². The van der Waals surface area contributed by atoms with Gasteiger partial charge in [0.25, 0.3) is 0 Å². The summed E-state index contributed by atoms with van der Waals surface area (Å²) in [5.41, 5.74) is 3.50. The Kier molecular flexibility index (Phi) is 4.36. The fourth-order valence-electron chi connectivity index (χ4n) is 2.22. The molecule has 0 amide bonds. The number of H-pyrrole nitrogens is 1. The highest BCUT2D eigenvalue weighted by atomic mass is 16.3. The van der Waals surface area contributed by atoms with E-state index < -0.39 is 0 Å². The predicted octanol–water partition coefficient (Wildman–Crippen LogP) is 1.31. The molecule has 0 aliphatic carbocycles. The molecule has 1 unspecified atom stereocenters. The number of hydrogen-bond acceptors (Lipinski definition) is 3. The molecule has 2 aromatic rings. The van der Waals surface area contributed by atoms with Crippen molar-refractivity contribution in [3.63, 3.8) is 0 Å². The zero-order chi connectivity index (χ0) is 13.0. The number of aliphatic hydroxyl groups excluding tert-OH is 2. The average Bonchev–Trinajstić information content (AvgIpc) is 2.70. The van der Waals surface area contributed by atoms with E-state index in [1.165, 1.54) is 10.9 Å². The number of aryl methyl sites for hydroxylation is 1. The molecule has 1 aromatic carbocycles.